The van der Waals surface area contributed by atoms with Gasteiger partial charge in [-0.3, -0.25) is 9.35 Å². The molecule has 0 aliphatic carbocycles. The first kappa shape index (κ1) is 11.2. The van der Waals surface area contributed by atoms with Crippen LogP contribution in [0.1, 0.15) is 0 Å². The monoisotopic (exact) mass is 217 g/mol. The van der Waals surface area contributed by atoms with Crippen molar-refractivity contribution in [3.05, 3.63) is 0 Å². The van der Waals surface area contributed by atoms with Crippen molar-refractivity contribution in [3.63, 3.8) is 0 Å². The molecular weight excluding hydrogens is 210 g/mol. The molecule has 0 aromatic heterocycles. The van der Waals surface area contributed by atoms with Crippen LogP contribution in [-0.4, -0.2) is 29.9 Å². The van der Waals surface area contributed by atoms with Crippen LogP contribution in [-0.2, 0) is 15.1 Å². The Morgan fingerprint density at radius 2 is 2.09 bits per heavy atom. The first-order chi connectivity index (χ1) is 4.87. The second kappa shape index (κ2) is 4.31. The largest absolute Gasteiger partial charge is 0.334 e. The van der Waals surface area contributed by atoms with E-state index in [0.717, 1.165) is 0 Å². The van der Waals surface area contributed by atoms with Crippen molar-refractivity contribution in [2.75, 3.05) is 5.75 Å². The fourth-order valence-corrected chi connectivity index (χ4v) is 1.66. The van der Waals surface area contributed by atoms with Gasteiger partial charge in [-0.1, -0.05) is 0 Å². The van der Waals surface area contributed by atoms with E-state index in [1.165, 1.54) is 0 Å². The Morgan fingerprint density at radius 1 is 1.64 bits per heavy atom. The molecule has 0 saturated carbocycles. The highest BCUT2D eigenvalue weighted by Gasteiger charge is 2.18. The van der Waals surface area contributed by atoms with Gasteiger partial charge in [0, 0.05) is 5.75 Å². The Kier molecular flexibility index (Phi) is 4.41. The molecule has 0 aromatic rings. The van der Waals surface area contributed by atoms with E-state index < -0.39 is 21.5 Å². The number of hydrogen-bond acceptors (Lipinski definition) is 4. The third kappa shape index (κ3) is 5.50. The topological polar surface area (TPSA) is 83.5 Å². The normalized spacial score (nSPS) is 14.5. The van der Waals surface area contributed by atoms with Gasteiger partial charge in [0.2, 0.25) is 5.12 Å². The van der Waals surface area contributed by atoms with Gasteiger partial charge in [0.05, 0.1) is 0 Å². The van der Waals surface area contributed by atoms with Crippen LogP contribution >= 0.6 is 25.3 Å². The lowest BCUT2D eigenvalue weighted by atomic mass is 10.4. The van der Waals surface area contributed by atoms with Gasteiger partial charge in [-0.05, 0) is 0 Å². The Hall–Kier alpha value is 0.240. The molecule has 1 atom stereocenters. The van der Waals surface area contributed by atoms with Gasteiger partial charge in [-0.15, -0.1) is 12.6 Å². The summed E-state index contributed by atoms with van der Waals surface area (Å²) in [6, 6.07) is -1.09. The lowest BCUT2D eigenvalue weighted by Crippen LogP contribution is -2.39. The van der Waals surface area contributed by atoms with Gasteiger partial charge >= 0.3 is 10.3 Å². The smallest absolute Gasteiger partial charge is 0.286 e. The molecule has 0 rings (SSSR count). The molecule has 0 heterocycles. The molecule has 5 nitrogen and oxygen atoms in total. The third-order valence-electron chi connectivity index (χ3n) is 0.772. The summed E-state index contributed by atoms with van der Waals surface area (Å²) in [5.41, 5.74) is 0. The highest BCUT2D eigenvalue weighted by Crippen LogP contribution is 1.95. The zero-order chi connectivity index (χ0) is 9.07. The highest BCUT2D eigenvalue weighted by molar-refractivity contribution is 7.97. The molecule has 0 unspecified atom stereocenters. The van der Waals surface area contributed by atoms with E-state index in [-0.39, 0.29) is 5.75 Å². The number of carbonyl (C=O) groups is 1. The Morgan fingerprint density at radius 3 is 2.18 bits per heavy atom. The van der Waals surface area contributed by atoms with Crippen molar-refractivity contribution in [1.82, 2.24) is 4.72 Å². The van der Waals surface area contributed by atoms with Crippen LogP contribution < -0.4 is 4.72 Å². The van der Waals surface area contributed by atoms with E-state index in [1.807, 2.05) is 0 Å². The van der Waals surface area contributed by atoms with Crippen LogP contribution in [0.5, 0.6) is 0 Å². The van der Waals surface area contributed by atoms with Gasteiger partial charge in [0.15, 0.2) is 0 Å². The first-order valence-electron chi connectivity index (χ1n) is 2.45. The molecule has 11 heavy (non-hydrogen) atoms. The molecular formula is C3H7NO4S3. The molecule has 8 heteroatoms. The predicted molar refractivity (Wildman–Crippen MR) is 46.3 cm³/mol. The molecule has 0 radical (unpaired) electrons. The first-order valence-corrected chi connectivity index (χ1v) is 4.97. The van der Waals surface area contributed by atoms with Crippen LogP contribution in [0.3, 0.4) is 0 Å². The molecule has 0 aliphatic rings. The van der Waals surface area contributed by atoms with Crippen molar-refractivity contribution in [3.8, 4) is 0 Å². The molecule has 0 spiro atoms. The molecule has 0 fully saturated rings. The number of carbonyl (C=O) groups excluding carboxylic acids is 1. The van der Waals surface area contributed by atoms with E-state index in [2.05, 4.69) is 25.3 Å². The molecule has 0 bridgehead atoms. The van der Waals surface area contributed by atoms with E-state index in [0.29, 0.717) is 0 Å². The minimum atomic E-state index is -4.35. The summed E-state index contributed by atoms with van der Waals surface area (Å²) < 4.78 is 30.1. The average molecular weight is 217 g/mol. The summed E-state index contributed by atoms with van der Waals surface area (Å²) >= 11 is 7.02. The van der Waals surface area contributed by atoms with Crippen molar-refractivity contribution < 1.29 is 17.8 Å². The average Bonchev–Trinajstić information content (AvgIpc) is 1.80. The summed E-state index contributed by atoms with van der Waals surface area (Å²) in [5.74, 6) is -0.0534. The Bertz CT molecular complexity index is 235. The summed E-state index contributed by atoms with van der Waals surface area (Å²) in [4.78, 5) is 10.4. The molecule has 66 valence electrons. The van der Waals surface area contributed by atoms with Gasteiger partial charge in [-0.2, -0.15) is 25.8 Å². The summed E-state index contributed by atoms with van der Waals surface area (Å²) in [5, 5.41) is -0.697. The van der Waals surface area contributed by atoms with Crippen molar-refractivity contribution in [2.24, 2.45) is 0 Å². The minimum Gasteiger partial charge on any atom is -0.286 e. The van der Waals surface area contributed by atoms with E-state index >= 15 is 0 Å². The van der Waals surface area contributed by atoms with E-state index in [9.17, 15) is 13.2 Å². The van der Waals surface area contributed by atoms with Crippen LogP contribution in [0.2, 0.25) is 0 Å². The maximum atomic E-state index is 10.4. The second-order valence-electron chi connectivity index (χ2n) is 1.67. The zero-order valence-corrected chi connectivity index (χ0v) is 7.86. The molecule has 0 aromatic carbocycles. The number of nitrogens with one attached hydrogen (secondary N) is 1. The van der Waals surface area contributed by atoms with E-state index in [4.69, 9.17) is 4.55 Å². The fourth-order valence-electron chi connectivity index (χ4n) is 0.346. The summed E-state index contributed by atoms with van der Waals surface area (Å²) in [7, 11) is -4.35. The SMILES string of the molecule is O=C(S)[C@H](CS)NS(=O)(=O)O. The predicted octanol–water partition coefficient (Wildman–Crippen LogP) is -0.866. The minimum absolute atomic E-state index is 0.0534. The fraction of sp³-hybridized carbons (Fsp3) is 0.667. The van der Waals surface area contributed by atoms with E-state index in [1.54, 1.807) is 4.72 Å². The quantitative estimate of drug-likeness (QED) is 0.364. The second-order valence-corrected chi connectivity index (χ2v) is 3.66. The molecule has 0 aliphatic heterocycles. The number of rotatable bonds is 4. The lowest BCUT2D eigenvalue weighted by Gasteiger charge is -2.08. The van der Waals surface area contributed by atoms with Gasteiger partial charge in [0.25, 0.3) is 0 Å². The molecule has 2 N–H and O–H groups in total. The maximum absolute atomic E-state index is 10.4. The van der Waals surface area contributed by atoms with Crippen molar-refractivity contribution in [1.29, 1.82) is 0 Å². The lowest BCUT2D eigenvalue weighted by molar-refractivity contribution is -0.111. The number of hydrogen-bond donors (Lipinski definition) is 4. The van der Waals surface area contributed by atoms with Gasteiger partial charge in [0.1, 0.15) is 6.04 Å². The van der Waals surface area contributed by atoms with Gasteiger partial charge in [-0.25, -0.2) is 0 Å². The highest BCUT2D eigenvalue weighted by atomic mass is 32.2. The number of thiol groups is 2. The third-order valence-corrected chi connectivity index (χ3v) is 2.03. The summed E-state index contributed by atoms with van der Waals surface area (Å²) in [6.45, 7) is 0. The Balaban J connectivity index is 4.22. The van der Waals surface area contributed by atoms with Crippen molar-refractivity contribution in [2.45, 2.75) is 6.04 Å². The van der Waals surface area contributed by atoms with Crippen LogP contribution in [0, 0.1) is 0 Å². The molecule has 0 saturated heterocycles. The van der Waals surface area contributed by atoms with Gasteiger partial charge < -0.3 is 0 Å². The van der Waals surface area contributed by atoms with Crippen LogP contribution in [0.25, 0.3) is 0 Å². The maximum Gasteiger partial charge on any atom is 0.334 e. The van der Waals surface area contributed by atoms with Crippen LogP contribution in [0.4, 0.5) is 0 Å². The zero-order valence-electron chi connectivity index (χ0n) is 5.26. The molecule has 0 amide bonds. The Labute approximate surface area is 75.3 Å². The van der Waals surface area contributed by atoms with Crippen LogP contribution in [0.15, 0.2) is 0 Å². The standard InChI is InChI=1S/C3H7NO4S3/c5-3(10)2(1-9)4-11(6,7)8/h2,4,9H,1H2,(H,5,10)(H,6,7,8)/t2-/m0/s1. The summed E-state index contributed by atoms with van der Waals surface area (Å²) in [6.07, 6.45) is 0. The van der Waals surface area contributed by atoms with Crippen molar-refractivity contribution >= 4 is 40.7 Å².